The van der Waals surface area contributed by atoms with Crippen molar-refractivity contribution in [3.8, 4) is 0 Å². The Morgan fingerprint density at radius 1 is 1.25 bits per heavy atom. The van der Waals surface area contributed by atoms with E-state index in [2.05, 4.69) is 23.8 Å². The molecule has 86 valence electrons. The summed E-state index contributed by atoms with van der Waals surface area (Å²) in [6, 6.07) is 5.74. The van der Waals surface area contributed by atoms with E-state index >= 15 is 0 Å². The Hall–Kier alpha value is -1.55. The summed E-state index contributed by atoms with van der Waals surface area (Å²) in [6.45, 7) is 4.27. The molecule has 1 heterocycles. The van der Waals surface area contributed by atoms with Crippen molar-refractivity contribution in [2.75, 3.05) is 6.61 Å². The zero-order valence-electron chi connectivity index (χ0n) is 9.45. The maximum atomic E-state index is 11.1. The van der Waals surface area contributed by atoms with E-state index in [1.54, 1.807) is 0 Å². The first-order valence-electron chi connectivity index (χ1n) is 5.44. The smallest absolute Gasteiger partial charge is 0.323 e. The fourth-order valence-corrected chi connectivity index (χ4v) is 1.98. The van der Waals surface area contributed by atoms with Gasteiger partial charge >= 0.3 is 5.69 Å². The van der Waals surface area contributed by atoms with Gasteiger partial charge in [0.15, 0.2) is 0 Å². The van der Waals surface area contributed by atoms with E-state index in [1.807, 2.05) is 18.2 Å². The van der Waals surface area contributed by atoms with E-state index in [-0.39, 0.29) is 18.2 Å². The molecule has 4 nitrogen and oxygen atoms in total. The van der Waals surface area contributed by atoms with Crippen molar-refractivity contribution in [3.63, 3.8) is 0 Å². The summed E-state index contributed by atoms with van der Waals surface area (Å²) in [5.74, 6) is 0.482. The number of benzene rings is 1. The van der Waals surface area contributed by atoms with Gasteiger partial charge in [-0.1, -0.05) is 19.9 Å². The largest absolute Gasteiger partial charge is 0.396 e. The maximum Gasteiger partial charge on any atom is 0.323 e. The van der Waals surface area contributed by atoms with Gasteiger partial charge in [0, 0.05) is 5.92 Å². The lowest BCUT2D eigenvalue weighted by atomic mass is 9.89. The average molecular weight is 220 g/mol. The molecule has 0 amide bonds. The minimum atomic E-state index is -0.197. The zero-order valence-corrected chi connectivity index (χ0v) is 9.45. The highest BCUT2D eigenvalue weighted by molar-refractivity contribution is 5.75. The third kappa shape index (κ3) is 1.88. The van der Waals surface area contributed by atoms with Gasteiger partial charge in [-0.25, -0.2) is 4.79 Å². The molecule has 0 aliphatic rings. The highest BCUT2D eigenvalue weighted by Gasteiger charge is 2.15. The Morgan fingerprint density at radius 2 is 1.94 bits per heavy atom. The van der Waals surface area contributed by atoms with Crippen molar-refractivity contribution in [2.24, 2.45) is 5.92 Å². The molecule has 3 N–H and O–H groups in total. The molecule has 4 heteroatoms. The van der Waals surface area contributed by atoms with Crippen LogP contribution in [0.4, 0.5) is 0 Å². The molecule has 0 radical (unpaired) electrons. The molecule has 0 fully saturated rings. The summed E-state index contributed by atoms with van der Waals surface area (Å²) in [5, 5.41) is 9.35. The normalized spacial score (nSPS) is 13.5. The second-order valence-corrected chi connectivity index (χ2v) is 4.42. The fraction of sp³-hybridized carbons (Fsp3) is 0.417. The Balaban J connectivity index is 2.48. The summed E-state index contributed by atoms with van der Waals surface area (Å²) >= 11 is 0. The van der Waals surface area contributed by atoms with Crippen LogP contribution in [0.3, 0.4) is 0 Å². The number of imidazole rings is 1. The van der Waals surface area contributed by atoms with Crippen LogP contribution in [0.25, 0.3) is 11.0 Å². The monoisotopic (exact) mass is 220 g/mol. The zero-order chi connectivity index (χ0) is 11.7. The molecule has 0 aliphatic carbocycles. The van der Waals surface area contributed by atoms with E-state index in [9.17, 15) is 9.90 Å². The van der Waals surface area contributed by atoms with Gasteiger partial charge in [0.05, 0.1) is 17.6 Å². The van der Waals surface area contributed by atoms with Crippen molar-refractivity contribution in [1.29, 1.82) is 0 Å². The third-order valence-corrected chi connectivity index (χ3v) is 2.97. The lowest BCUT2D eigenvalue weighted by Gasteiger charge is -2.18. The van der Waals surface area contributed by atoms with E-state index < -0.39 is 0 Å². The number of H-pyrrole nitrogens is 2. The Kier molecular flexibility index (Phi) is 2.83. The van der Waals surface area contributed by atoms with Gasteiger partial charge in [-0.3, -0.25) is 0 Å². The molecule has 2 rings (SSSR count). The maximum absolute atomic E-state index is 11.1. The molecule has 1 aromatic heterocycles. The predicted molar refractivity (Wildman–Crippen MR) is 63.6 cm³/mol. The van der Waals surface area contributed by atoms with Crippen LogP contribution in [-0.4, -0.2) is 21.7 Å². The number of nitrogens with one attached hydrogen (secondary N) is 2. The molecule has 0 saturated heterocycles. The number of aliphatic hydroxyl groups excluding tert-OH is 1. The molecule has 1 aromatic carbocycles. The first-order chi connectivity index (χ1) is 7.61. The number of aromatic nitrogens is 2. The number of aliphatic hydroxyl groups is 1. The van der Waals surface area contributed by atoms with Crippen LogP contribution in [0.1, 0.15) is 25.3 Å². The van der Waals surface area contributed by atoms with Crippen molar-refractivity contribution in [3.05, 3.63) is 34.2 Å². The molecule has 0 saturated carbocycles. The number of aromatic amines is 2. The summed E-state index contributed by atoms with van der Waals surface area (Å²) in [4.78, 5) is 16.5. The molecule has 2 aromatic rings. The van der Waals surface area contributed by atoms with Gasteiger partial charge in [0.25, 0.3) is 0 Å². The minimum Gasteiger partial charge on any atom is -0.396 e. The number of hydrogen-bond donors (Lipinski definition) is 3. The molecule has 0 aliphatic heterocycles. The van der Waals surface area contributed by atoms with Gasteiger partial charge in [-0.05, 0) is 23.6 Å². The summed E-state index contributed by atoms with van der Waals surface area (Å²) in [7, 11) is 0. The van der Waals surface area contributed by atoms with Crippen LogP contribution in [0.15, 0.2) is 23.0 Å². The van der Waals surface area contributed by atoms with E-state index in [1.165, 1.54) is 0 Å². The molecule has 16 heavy (non-hydrogen) atoms. The van der Waals surface area contributed by atoms with Crippen molar-refractivity contribution >= 4 is 11.0 Å². The molecule has 1 atom stereocenters. The predicted octanol–water partition coefficient (Wildman–Crippen LogP) is 1.59. The van der Waals surface area contributed by atoms with E-state index in [0.29, 0.717) is 5.92 Å². The number of hydrogen-bond acceptors (Lipinski definition) is 2. The number of rotatable bonds is 3. The van der Waals surface area contributed by atoms with Crippen LogP contribution in [-0.2, 0) is 0 Å². The van der Waals surface area contributed by atoms with Crippen molar-refractivity contribution in [1.82, 2.24) is 9.97 Å². The second-order valence-electron chi connectivity index (χ2n) is 4.42. The van der Waals surface area contributed by atoms with Crippen LogP contribution in [0.5, 0.6) is 0 Å². The Labute approximate surface area is 93.3 Å². The van der Waals surface area contributed by atoms with Gasteiger partial charge in [-0.15, -0.1) is 0 Å². The lowest BCUT2D eigenvalue weighted by molar-refractivity contribution is 0.237. The van der Waals surface area contributed by atoms with Crippen LogP contribution in [0, 0.1) is 5.92 Å². The first kappa shape index (κ1) is 11.0. The van der Waals surface area contributed by atoms with Crippen LogP contribution < -0.4 is 5.69 Å². The molecule has 0 bridgehead atoms. The summed E-state index contributed by atoms with van der Waals surface area (Å²) < 4.78 is 0. The summed E-state index contributed by atoms with van der Waals surface area (Å²) in [5.41, 5.74) is 2.45. The molecular weight excluding hydrogens is 204 g/mol. The Bertz CT molecular complexity index is 539. The quantitative estimate of drug-likeness (QED) is 0.735. The molecular formula is C12H16N2O2. The van der Waals surface area contributed by atoms with Gasteiger partial charge in [0.2, 0.25) is 0 Å². The standard InChI is InChI=1S/C12H16N2O2/c1-7(2)9(6-15)8-3-4-10-11(5-8)14-12(16)13-10/h3-5,7,9,15H,6H2,1-2H3,(H2,13,14,16). The number of fused-ring (bicyclic) bond motifs is 1. The average Bonchev–Trinajstić information content (AvgIpc) is 2.57. The lowest BCUT2D eigenvalue weighted by Crippen LogP contribution is -2.10. The van der Waals surface area contributed by atoms with E-state index in [4.69, 9.17) is 0 Å². The highest BCUT2D eigenvalue weighted by Crippen LogP contribution is 2.25. The molecule has 1 unspecified atom stereocenters. The topological polar surface area (TPSA) is 68.9 Å². The van der Waals surface area contributed by atoms with Crippen LogP contribution in [0.2, 0.25) is 0 Å². The summed E-state index contributed by atoms with van der Waals surface area (Å²) in [6.07, 6.45) is 0. The Morgan fingerprint density at radius 3 is 2.56 bits per heavy atom. The van der Waals surface area contributed by atoms with Crippen molar-refractivity contribution < 1.29 is 5.11 Å². The van der Waals surface area contributed by atoms with Gasteiger partial charge in [0.1, 0.15) is 0 Å². The van der Waals surface area contributed by atoms with Gasteiger partial charge in [-0.2, -0.15) is 0 Å². The minimum absolute atomic E-state index is 0.114. The first-order valence-corrected chi connectivity index (χ1v) is 5.44. The van der Waals surface area contributed by atoms with Gasteiger partial charge < -0.3 is 15.1 Å². The SMILES string of the molecule is CC(C)C(CO)c1ccc2[nH]c(=O)[nH]c2c1. The second kappa shape index (κ2) is 4.14. The van der Waals surface area contributed by atoms with Crippen molar-refractivity contribution in [2.45, 2.75) is 19.8 Å². The van der Waals surface area contributed by atoms with Crippen LogP contribution >= 0.6 is 0 Å². The molecule has 0 spiro atoms. The third-order valence-electron chi connectivity index (χ3n) is 2.97. The highest BCUT2D eigenvalue weighted by atomic mass is 16.3. The van der Waals surface area contributed by atoms with E-state index in [0.717, 1.165) is 16.6 Å². The fourth-order valence-electron chi connectivity index (χ4n) is 1.98.